The van der Waals surface area contributed by atoms with Gasteiger partial charge in [-0.1, -0.05) is 140 Å². The van der Waals surface area contributed by atoms with Gasteiger partial charge in [-0.2, -0.15) is 0 Å². The lowest BCUT2D eigenvalue weighted by molar-refractivity contribution is 0.488. The average Bonchev–Trinajstić information content (AvgIpc) is 3.48. The zero-order chi connectivity index (χ0) is 32.3. The summed E-state index contributed by atoms with van der Waals surface area (Å²) in [6.07, 6.45) is 0. The first kappa shape index (κ1) is 27.5. The Morgan fingerprint density at radius 1 is 0.367 bits per heavy atom. The van der Waals surface area contributed by atoms with Gasteiger partial charge in [0.25, 0.3) is 0 Å². The van der Waals surface area contributed by atoms with Crippen molar-refractivity contribution < 1.29 is 9.15 Å². The zero-order valence-electron chi connectivity index (χ0n) is 26.5. The summed E-state index contributed by atoms with van der Waals surface area (Å²) in [7, 11) is 0. The number of ether oxygens (including phenoxy) is 1. The maximum absolute atomic E-state index is 6.97. The second-order valence-corrected chi connectivity index (χ2v) is 12.4. The van der Waals surface area contributed by atoms with Gasteiger partial charge in [0.1, 0.15) is 22.7 Å². The minimum absolute atomic E-state index is 0.817. The van der Waals surface area contributed by atoms with Crippen LogP contribution in [0.2, 0.25) is 0 Å². The van der Waals surface area contributed by atoms with Crippen molar-refractivity contribution >= 4 is 49.8 Å². The van der Waals surface area contributed by atoms with Gasteiger partial charge in [-0.25, -0.2) is 0 Å². The molecule has 0 spiro atoms. The van der Waals surface area contributed by atoms with Crippen LogP contribution in [0.15, 0.2) is 180 Å². The molecule has 0 unspecified atom stereocenters. The maximum atomic E-state index is 6.97. The van der Waals surface area contributed by atoms with E-state index < -0.39 is 0 Å². The number of nitrogens with zero attached hydrogens (tertiary/aromatic N) is 1. The molecule has 230 valence electrons. The van der Waals surface area contributed by atoms with Gasteiger partial charge in [0, 0.05) is 33.5 Å². The third kappa shape index (κ3) is 4.29. The van der Waals surface area contributed by atoms with Crippen LogP contribution < -0.4 is 9.64 Å². The Morgan fingerprint density at radius 3 is 1.84 bits per heavy atom. The number of para-hydroxylation sites is 3. The van der Waals surface area contributed by atoms with Crippen molar-refractivity contribution in [1.29, 1.82) is 0 Å². The Hall–Kier alpha value is -6.58. The van der Waals surface area contributed by atoms with Gasteiger partial charge < -0.3 is 14.1 Å². The highest BCUT2D eigenvalue weighted by Gasteiger charge is 2.28. The molecule has 49 heavy (non-hydrogen) atoms. The molecule has 0 fully saturated rings. The maximum Gasteiger partial charge on any atom is 0.138 e. The zero-order valence-corrected chi connectivity index (χ0v) is 26.5. The molecule has 10 rings (SSSR count). The summed E-state index contributed by atoms with van der Waals surface area (Å²) in [6.45, 7) is 0. The summed E-state index contributed by atoms with van der Waals surface area (Å²) in [4.78, 5) is 2.40. The molecule has 1 aliphatic heterocycles. The Morgan fingerprint density at radius 2 is 0.980 bits per heavy atom. The summed E-state index contributed by atoms with van der Waals surface area (Å²) < 4.78 is 13.4. The molecule has 2 heterocycles. The van der Waals surface area contributed by atoms with E-state index in [1.54, 1.807) is 0 Å². The Balaban J connectivity index is 1.35. The van der Waals surface area contributed by atoms with Gasteiger partial charge in [0.05, 0.1) is 22.4 Å². The van der Waals surface area contributed by atoms with Crippen LogP contribution in [0.4, 0.5) is 17.1 Å². The Bertz CT molecular complexity index is 2710. The number of rotatable bonds is 4. The largest absolute Gasteiger partial charge is 0.456 e. The molecule has 0 saturated heterocycles. The topological polar surface area (TPSA) is 25.6 Å². The third-order valence-corrected chi connectivity index (χ3v) is 9.67. The molecular formula is C46H29NO2. The van der Waals surface area contributed by atoms with E-state index >= 15 is 0 Å². The molecule has 3 nitrogen and oxygen atoms in total. The van der Waals surface area contributed by atoms with Crippen LogP contribution in [0.5, 0.6) is 11.5 Å². The highest BCUT2D eigenvalue weighted by atomic mass is 16.5. The number of benzene rings is 8. The molecule has 0 atom stereocenters. The average molecular weight is 628 g/mol. The summed E-state index contributed by atoms with van der Waals surface area (Å²) in [5.41, 5.74) is 11.6. The SMILES string of the molecule is c1ccc(-c2ccccc2N(c2cc3c(c4ccccc24)-c2ccccc2-c2ccccc2O3)c2cccc3oc4ccccc4c23)cc1. The van der Waals surface area contributed by atoms with Crippen molar-refractivity contribution in [3.8, 4) is 44.9 Å². The summed E-state index contributed by atoms with van der Waals surface area (Å²) in [6, 6.07) is 61.9. The van der Waals surface area contributed by atoms with Gasteiger partial charge in [-0.15, -0.1) is 0 Å². The summed E-state index contributed by atoms with van der Waals surface area (Å²) >= 11 is 0. The van der Waals surface area contributed by atoms with Gasteiger partial charge in [0.15, 0.2) is 0 Å². The molecule has 3 heteroatoms. The van der Waals surface area contributed by atoms with E-state index in [0.717, 1.165) is 94.7 Å². The van der Waals surface area contributed by atoms with Crippen molar-refractivity contribution in [2.75, 3.05) is 4.90 Å². The fourth-order valence-corrected chi connectivity index (χ4v) is 7.57. The van der Waals surface area contributed by atoms with E-state index in [0.29, 0.717) is 0 Å². The Kier molecular flexibility index (Phi) is 6.18. The highest BCUT2D eigenvalue weighted by Crippen LogP contribution is 2.54. The van der Waals surface area contributed by atoms with Crippen molar-refractivity contribution in [3.63, 3.8) is 0 Å². The van der Waals surface area contributed by atoms with Crippen molar-refractivity contribution in [3.05, 3.63) is 176 Å². The van der Waals surface area contributed by atoms with Crippen molar-refractivity contribution in [2.24, 2.45) is 0 Å². The standard InChI is InChI=1S/C46H29NO2/c1-2-15-30(16-3-1)31-17-8-11-24-38(31)47(39-25-14-28-43-46(39)37-23-10-13-27-42(37)48-43)40-29-44-45(36-22-7-5-19-33(36)40)35-21-6-4-18-32(35)34-20-9-12-26-41(34)49-44/h1-29H. The molecule has 1 aromatic heterocycles. The van der Waals surface area contributed by atoms with Gasteiger partial charge in [0.2, 0.25) is 0 Å². The van der Waals surface area contributed by atoms with Crippen LogP contribution in [0.25, 0.3) is 66.1 Å². The fourth-order valence-electron chi connectivity index (χ4n) is 7.57. The minimum Gasteiger partial charge on any atom is -0.456 e. The first-order chi connectivity index (χ1) is 24.3. The number of hydrogen-bond donors (Lipinski definition) is 0. The molecule has 0 radical (unpaired) electrons. The lowest BCUT2D eigenvalue weighted by atomic mass is 9.90. The summed E-state index contributed by atoms with van der Waals surface area (Å²) in [5.74, 6) is 1.66. The second-order valence-electron chi connectivity index (χ2n) is 12.4. The van der Waals surface area contributed by atoms with E-state index in [-0.39, 0.29) is 0 Å². The van der Waals surface area contributed by atoms with Crippen molar-refractivity contribution in [1.82, 2.24) is 0 Å². The lowest BCUT2D eigenvalue weighted by Gasteiger charge is -2.30. The van der Waals surface area contributed by atoms with Gasteiger partial charge in [-0.05, 0) is 52.4 Å². The third-order valence-electron chi connectivity index (χ3n) is 9.67. The Labute approximate surface area is 283 Å². The minimum atomic E-state index is 0.817. The molecule has 0 amide bonds. The van der Waals surface area contributed by atoms with Gasteiger partial charge in [-0.3, -0.25) is 0 Å². The van der Waals surface area contributed by atoms with Gasteiger partial charge >= 0.3 is 0 Å². The molecule has 0 saturated carbocycles. The quantitative estimate of drug-likeness (QED) is 0.194. The first-order valence-electron chi connectivity index (χ1n) is 16.6. The molecule has 0 bridgehead atoms. The predicted molar refractivity (Wildman–Crippen MR) is 202 cm³/mol. The van der Waals surface area contributed by atoms with Crippen LogP contribution in [0, 0.1) is 0 Å². The molecule has 9 aromatic rings. The first-order valence-corrected chi connectivity index (χ1v) is 16.6. The molecule has 1 aliphatic rings. The van der Waals surface area contributed by atoms with Crippen LogP contribution in [0.1, 0.15) is 0 Å². The number of furan rings is 1. The lowest BCUT2D eigenvalue weighted by Crippen LogP contribution is -2.12. The van der Waals surface area contributed by atoms with Crippen LogP contribution in [-0.2, 0) is 0 Å². The number of anilines is 3. The fraction of sp³-hybridized carbons (Fsp3) is 0. The molecular weight excluding hydrogens is 599 g/mol. The number of hydrogen-bond acceptors (Lipinski definition) is 3. The monoisotopic (exact) mass is 627 g/mol. The molecule has 0 aliphatic carbocycles. The van der Waals surface area contributed by atoms with E-state index in [2.05, 4.69) is 163 Å². The van der Waals surface area contributed by atoms with E-state index in [1.165, 1.54) is 0 Å². The van der Waals surface area contributed by atoms with E-state index in [1.807, 2.05) is 18.2 Å². The molecule has 8 aromatic carbocycles. The smallest absolute Gasteiger partial charge is 0.138 e. The number of fused-ring (bicyclic) bond motifs is 10. The van der Waals surface area contributed by atoms with E-state index in [9.17, 15) is 0 Å². The second kappa shape index (κ2) is 11.0. The van der Waals surface area contributed by atoms with Crippen LogP contribution in [0.3, 0.4) is 0 Å². The highest BCUT2D eigenvalue weighted by molar-refractivity contribution is 6.17. The van der Waals surface area contributed by atoms with Crippen LogP contribution >= 0.6 is 0 Å². The molecule has 0 N–H and O–H groups in total. The van der Waals surface area contributed by atoms with Crippen LogP contribution in [-0.4, -0.2) is 0 Å². The summed E-state index contributed by atoms with van der Waals surface area (Å²) in [5, 5.41) is 4.39. The van der Waals surface area contributed by atoms with Crippen molar-refractivity contribution in [2.45, 2.75) is 0 Å². The predicted octanol–water partition coefficient (Wildman–Crippen LogP) is 13.3. The van der Waals surface area contributed by atoms with E-state index in [4.69, 9.17) is 9.15 Å². The normalized spacial score (nSPS) is 11.8.